The molecule has 1 aromatic rings. The van der Waals surface area contributed by atoms with Gasteiger partial charge in [0, 0.05) is 12.2 Å². The molecule has 118 valence electrons. The fraction of sp³-hybridized carbons (Fsp3) is 0.562. The Morgan fingerprint density at radius 2 is 2.05 bits per heavy atom. The Kier molecular flexibility index (Phi) is 6.03. The number of alkyl carbamates (subject to hydrolysis) is 1. The number of benzene rings is 1. The minimum atomic E-state index is -0.508. The first-order chi connectivity index (χ1) is 9.71. The van der Waals surface area contributed by atoms with E-state index in [0.717, 1.165) is 5.69 Å². The molecule has 4 N–H and O–H groups in total. The van der Waals surface area contributed by atoms with Crippen LogP contribution in [0.3, 0.4) is 0 Å². The fourth-order valence-electron chi connectivity index (χ4n) is 1.93. The van der Waals surface area contributed by atoms with Crippen LogP contribution in [-0.2, 0) is 4.74 Å². The van der Waals surface area contributed by atoms with Crippen LogP contribution in [0.4, 0.5) is 10.5 Å². The Morgan fingerprint density at radius 1 is 1.38 bits per heavy atom. The van der Waals surface area contributed by atoms with Gasteiger partial charge in [0.15, 0.2) is 0 Å². The molecule has 1 amide bonds. The summed E-state index contributed by atoms with van der Waals surface area (Å²) < 4.78 is 5.25. The van der Waals surface area contributed by atoms with Gasteiger partial charge in [-0.05, 0) is 52.3 Å². The second kappa shape index (κ2) is 7.31. The predicted molar refractivity (Wildman–Crippen MR) is 86.5 cm³/mol. The van der Waals surface area contributed by atoms with Gasteiger partial charge in [-0.15, -0.1) is 0 Å². The van der Waals surface area contributed by atoms with Crippen LogP contribution in [-0.4, -0.2) is 30.3 Å². The van der Waals surface area contributed by atoms with Crippen molar-refractivity contribution in [1.29, 1.82) is 0 Å². The van der Waals surface area contributed by atoms with Gasteiger partial charge < -0.3 is 21.1 Å². The molecular weight excluding hydrogens is 266 g/mol. The summed E-state index contributed by atoms with van der Waals surface area (Å²) >= 11 is 0. The first kappa shape index (κ1) is 17.3. The van der Waals surface area contributed by atoms with E-state index in [1.165, 1.54) is 5.56 Å². The number of anilines is 1. The van der Waals surface area contributed by atoms with Gasteiger partial charge in [-0.25, -0.2) is 4.79 Å². The number of carbonyl (C=O) groups excluding carboxylic acids is 1. The number of rotatable bonds is 5. The Balaban J connectivity index is 2.61. The van der Waals surface area contributed by atoms with E-state index < -0.39 is 11.7 Å². The SMILES string of the molecule is Cc1cccc(NC(CN)C(C)NC(=O)OC(C)(C)C)c1. The van der Waals surface area contributed by atoms with Crippen molar-refractivity contribution in [3.05, 3.63) is 29.8 Å². The van der Waals surface area contributed by atoms with Gasteiger partial charge in [0.25, 0.3) is 0 Å². The van der Waals surface area contributed by atoms with E-state index in [2.05, 4.69) is 10.6 Å². The van der Waals surface area contributed by atoms with Crippen LogP contribution in [0.25, 0.3) is 0 Å². The molecule has 1 aromatic carbocycles. The smallest absolute Gasteiger partial charge is 0.407 e. The van der Waals surface area contributed by atoms with Crippen molar-refractivity contribution in [2.75, 3.05) is 11.9 Å². The number of nitrogens with one attached hydrogen (secondary N) is 2. The molecule has 0 aliphatic heterocycles. The van der Waals surface area contributed by atoms with Crippen LogP contribution in [0, 0.1) is 6.92 Å². The van der Waals surface area contributed by atoms with Gasteiger partial charge in [-0.2, -0.15) is 0 Å². The quantitative estimate of drug-likeness (QED) is 0.780. The highest BCUT2D eigenvalue weighted by Gasteiger charge is 2.21. The van der Waals surface area contributed by atoms with E-state index >= 15 is 0 Å². The fourth-order valence-corrected chi connectivity index (χ4v) is 1.93. The Bertz CT molecular complexity index is 469. The Hall–Kier alpha value is -1.75. The van der Waals surface area contributed by atoms with Gasteiger partial charge in [0.05, 0.1) is 12.1 Å². The number of hydrogen-bond donors (Lipinski definition) is 3. The first-order valence-electron chi connectivity index (χ1n) is 7.24. The van der Waals surface area contributed by atoms with Crippen molar-refractivity contribution in [3.63, 3.8) is 0 Å². The summed E-state index contributed by atoms with van der Waals surface area (Å²) in [5.41, 5.74) is 7.46. The van der Waals surface area contributed by atoms with Gasteiger partial charge in [0.1, 0.15) is 5.60 Å². The second-order valence-corrected chi connectivity index (χ2v) is 6.29. The Labute approximate surface area is 127 Å². The van der Waals surface area contributed by atoms with Gasteiger partial charge in [-0.1, -0.05) is 12.1 Å². The number of carbonyl (C=O) groups is 1. The predicted octanol–water partition coefficient (Wildman–Crippen LogP) is 2.65. The molecule has 0 heterocycles. The zero-order valence-corrected chi connectivity index (χ0v) is 13.6. The zero-order chi connectivity index (χ0) is 16.0. The van der Waals surface area contributed by atoms with Crippen LogP contribution in [0.5, 0.6) is 0 Å². The summed E-state index contributed by atoms with van der Waals surface area (Å²) in [7, 11) is 0. The molecule has 0 saturated carbocycles. The van der Waals surface area contributed by atoms with Crippen molar-refractivity contribution in [2.45, 2.75) is 52.3 Å². The van der Waals surface area contributed by atoms with E-state index in [0.29, 0.717) is 6.54 Å². The van der Waals surface area contributed by atoms with E-state index in [4.69, 9.17) is 10.5 Å². The molecule has 0 aliphatic rings. The second-order valence-electron chi connectivity index (χ2n) is 6.29. The average molecular weight is 293 g/mol. The highest BCUT2D eigenvalue weighted by Crippen LogP contribution is 2.12. The molecule has 0 radical (unpaired) electrons. The van der Waals surface area contributed by atoms with Gasteiger partial charge >= 0.3 is 6.09 Å². The highest BCUT2D eigenvalue weighted by molar-refractivity contribution is 5.68. The summed E-state index contributed by atoms with van der Waals surface area (Å²) in [4.78, 5) is 11.8. The molecule has 0 fully saturated rings. The highest BCUT2D eigenvalue weighted by atomic mass is 16.6. The topological polar surface area (TPSA) is 76.4 Å². The third-order valence-electron chi connectivity index (χ3n) is 2.97. The number of ether oxygens (including phenoxy) is 1. The normalized spacial score (nSPS) is 14.2. The summed E-state index contributed by atoms with van der Waals surface area (Å²) in [6.07, 6.45) is -0.431. The third-order valence-corrected chi connectivity index (χ3v) is 2.97. The summed E-state index contributed by atoms with van der Waals surface area (Å²) in [6, 6.07) is 7.82. The first-order valence-corrected chi connectivity index (χ1v) is 7.24. The molecular formula is C16H27N3O2. The summed E-state index contributed by atoms with van der Waals surface area (Å²) in [5.74, 6) is 0. The molecule has 0 aromatic heterocycles. The lowest BCUT2D eigenvalue weighted by molar-refractivity contribution is 0.0504. The maximum Gasteiger partial charge on any atom is 0.407 e. The van der Waals surface area contributed by atoms with Crippen molar-refractivity contribution in [3.8, 4) is 0 Å². The molecule has 0 bridgehead atoms. The van der Waals surface area contributed by atoms with E-state index in [9.17, 15) is 4.79 Å². The standard InChI is InChI=1S/C16H27N3O2/c1-11-7-6-8-13(9-11)19-14(10-17)12(2)18-15(20)21-16(3,4)5/h6-9,12,14,19H,10,17H2,1-5H3,(H,18,20). The minimum Gasteiger partial charge on any atom is -0.444 e. The lowest BCUT2D eigenvalue weighted by Gasteiger charge is -2.27. The molecule has 5 nitrogen and oxygen atoms in total. The van der Waals surface area contributed by atoms with Gasteiger partial charge in [0.2, 0.25) is 0 Å². The number of aryl methyl sites for hydroxylation is 1. The average Bonchev–Trinajstić information content (AvgIpc) is 2.33. The zero-order valence-electron chi connectivity index (χ0n) is 13.6. The summed E-state index contributed by atoms with van der Waals surface area (Å²) in [6.45, 7) is 9.86. The molecule has 2 unspecified atom stereocenters. The molecule has 5 heteroatoms. The molecule has 1 rings (SSSR count). The van der Waals surface area contributed by atoms with Crippen LogP contribution in [0.2, 0.25) is 0 Å². The Morgan fingerprint density at radius 3 is 2.57 bits per heavy atom. The monoisotopic (exact) mass is 293 g/mol. The maximum absolute atomic E-state index is 11.8. The maximum atomic E-state index is 11.8. The third kappa shape index (κ3) is 6.49. The largest absolute Gasteiger partial charge is 0.444 e. The van der Waals surface area contributed by atoms with Crippen LogP contribution in [0.15, 0.2) is 24.3 Å². The van der Waals surface area contributed by atoms with Crippen molar-refractivity contribution >= 4 is 11.8 Å². The van der Waals surface area contributed by atoms with E-state index in [1.54, 1.807) is 0 Å². The summed E-state index contributed by atoms with van der Waals surface area (Å²) in [5, 5.41) is 6.16. The molecule has 0 aliphatic carbocycles. The van der Waals surface area contributed by atoms with Gasteiger partial charge in [-0.3, -0.25) is 0 Å². The minimum absolute atomic E-state index is 0.0701. The number of nitrogens with two attached hydrogens (primary N) is 1. The molecule has 0 saturated heterocycles. The van der Waals surface area contributed by atoms with Crippen molar-refractivity contribution in [1.82, 2.24) is 5.32 Å². The van der Waals surface area contributed by atoms with Crippen molar-refractivity contribution < 1.29 is 9.53 Å². The van der Waals surface area contributed by atoms with Crippen molar-refractivity contribution in [2.24, 2.45) is 5.73 Å². The van der Waals surface area contributed by atoms with Crippen LogP contribution >= 0.6 is 0 Å². The molecule has 0 spiro atoms. The van der Waals surface area contributed by atoms with Crippen LogP contribution in [0.1, 0.15) is 33.3 Å². The van der Waals surface area contributed by atoms with Crippen LogP contribution < -0.4 is 16.4 Å². The lowest BCUT2D eigenvalue weighted by atomic mass is 10.1. The van der Waals surface area contributed by atoms with E-state index in [1.807, 2.05) is 58.9 Å². The number of hydrogen-bond acceptors (Lipinski definition) is 4. The number of amides is 1. The molecule has 2 atom stereocenters. The molecule has 21 heavy (non-hydrogen) atoms. The lowest BCUT2D eigenvalue weighted by Crippen LogP contribution is -2.49. The van der Waals surface area contributed by atoms with E-state index in [-0.39, 0.29) is 12.1 Å².